The highest BCUT2D eigenvalue weighted by atomic mass is 16.2. The second-order valence-electron chi connectivity index (χ2n) is 4.44. The number of pyridine rings is 1. The maximum absolute atomic E-state index is 11.7. The number of nitrogens with one attached hydrogen (secondary N) is 3. The van der Waals surface area contributed by atoms with Crippen LogP contribution in [0.1, 0.15) is 0 Å². The minimum atomic E-state index is -0.642. The second-order valence-corrected chi connectivity index (χ2v) is 4.44. The smallest absolute Gasteiger partial charge is 0.271 e. The van der Waals surface area contributed by atoms with Crippen LogP contribution >= 0.6 is 0 Å². The summed E-state index contributed by atoms with van der Waals surface area (Å²) in [4.78, 5) is 37.4. The molecule has 0 aliphatic rings. The summed E-state index contributed by atoms with van der Waals surface area (Å²) in [6.07, 6.45) is 1.48. The van der Waals surface area contributed by atoms with Crippen LogP contribution in [0, 0.1) is 0 Å². The Balaban J connectivity index is 1.93. The summed E-state index contributed by atoms with van der Waals surface area (Å²) < 4.78 is 0. The van der Waals surface area contributed by atoms with Crippen molar-refractivity contribution in [3.8, 4) is 0 Å². The summed E-state index contributed by atoms with van der Waals surface area (Å²) in [6.45, 7) is 0. The van der Waals surface area contributed by atoms with E-state index in [1.165, 1.54) is 12.3 Å². The Morgan fingerprint density at radius 1 is 0.762 bits per heavy atom. The zero-order valence-corrected chi connectivity index (χ0v) is 10.8. The molecule has 1 aromatic heterocycles. The predicted octanol–water partition coefficient (Wildman–Crippen LogP) is 1.46. The van der Waals surface area contributed by atoms with Gasteiger partial charge in [0.15, 0.2) is 0 Å². The van der Waals surface area contributed by atoms with Gasteiger partial charge in [-0.3, -0.25) is 14.4 Å². The highest BCUT2D eigenvalue weighted by Gasteiger charge is 2.21. The largest absolute Gasteiger partial charge is 0.350 e. The lowest BCUT2D eigenvalue weighted by Gasteiger charge is -2.14. The van der Waals surface area contributed by atoms with E-state index in [0.717, 1.165) is 0 Å². The summed E-state index contributed by atoms with van der Waals surface area (Å²) in [7, 11) is 0. The van der Waals surface area contributed by atoms with Crippen molar-refractivity contribution in [3.05, 3.63) is 79.5 Å². The fraction of sp³-hybridized carbons (Fsp3) is 0. The summed E-state index contributed by atoms with van der Waals surface area (Å²) in [5.41, 5.74) is -0.452. The topological polar surface area (TPSA) is 91.1 Å². The molecule has 0 saturated carbocycles. The monoisotopic (exact) mass is 281 g/mol. The number of aromatic nitrogens is 1. The molecule has 0 saturated heterocycles. The number of H-pyrrole nitrogens is 1. The van der Waals surface area contributed by atoms with E-state index < -0.39 is 10.9 Å². The number of hydrogen-bond acceptors (Lipinski definition) is 5. The van der Waals surface area contributed by atoms with Gasteiger partial charge in [0, 0.05) is 11.9 Å². The Bertz CT molecular complexity index is 906. The molecule has 3 rings (SSSR count). The summed E-state index contributed by atoms with van der Waals surface area (Å²) in [5.74, 6) is 0. The molecule has 2 aromatic carbocycles. The molecule has 0 unspecified atom stereocenters. The SMILES string of the molecule is O=c1[nH]cccc1Nc1c(Nc2ccccc2)c(=O)c1=O. The lowest BCUT2D eigenvalue weighted by Crippen LogP contribution is -2.36. The Labute approximate surface area is 118 Å². The Morgan fingerprint density at radius 2 is 1.43 bits per heavy atom. The van der Waals surface area contributed by atoms with E-state index in [-0.39, 0.29) is 22.6 Å². The van der Waals surface area contributed by atoms with Crippen molar-refractivity contribution in [1.29, 1.82) is 0 Å². The van der Waals surface area contributed by atoms with Crippen molar-refractivity contribution in [3.63, 3.8) is 0 Å². The molecule has 3 N–H and O–H groups in total. The van der Waals surface area contributed by atoms with Gasteiger partial charge in [-0.05, 0) is 24.3 Å². The van der Waals surface area contributed by atoms with Crippen molar-refractivity contribution in [1.82, 2.24) is 4.98 Å². The molecule has 0 spiro atoms. The molecule has 0 fully saturated rings. The second kappa shape index (κ2) is 5.09. The third-order valence-corrected chi connectivity index (χ3v) is 3.03. The van der Waals surface area contributed by atoms with Crippen LogP contribution in [0.2, 0.25) is 0 Å². The standard InChI is InChI=1S/C15H11N3O3/c19-13-11(17-9-5-2-1-3-6-9)12(14(13)20)18-10-7-4-8-16-15(10)21/h1-8,17-18H,(H,16,21). The van der Waals surface area contributed by atoms with Crippen LogP contribution in [0.5, 0.6) is 0 Å². The van der Waals surface area contributed by atoms with E-state index in [1.54, 1.807) is 18.2 Å². The van der Waals surface area contributed by atoms with Crippen LogP contribution < -0.4 is 27.1 Å². The van der Waals surface area contributed by atoms with Gasteiger partial charge in [-0.25, -0.2) is 0 Å². The number of para-hydroxylation sites is 1. The number of benzene rings is 1. The van der Waals surface area contributed by atoms with Crippen LogP contribution in [0.25, 0.3) is 0 Å². The first kappa shape index (κ1) is 12.9. The Kier molecular flexibility index (Phi) is 3.12. The van der Waals surface area contributed by atoms with E-state index >= 15 is 0 Å². The van der Waals surface area contributed by atoms with E-state index in [2.05, 4.69) is 15.6 Å². The third kappa shape index (κ3) is 2.34. The van der Waals surface area contributed by atoms with Crippen molar-refractivity contribution >= 4 is 22.7 Å². The lowest BCUT2D eigenvalue weighted by molar-refractivity contribution is 1.23. The van der Waals surface area contributed by atoms with Crippen LogP contribution in [0.15, 0.2) is 63.0 Å². The van der Waals surface area contributed by atoms with E-state index in [9.17, 15) is 14.4 Å². The van der Waals surface area contributed by atoms with Crippen molar-refractivity contribution < 1.29 is 0 Å². The molecular formula is C15H11N3O3. The zero-order valence-electron chi connectivity index (χ0n) is 10.8. The van der Waals surface area contributed by atoms with Gasteiger partial charge in [0.1, 0.15) is 17.1 Å². The van der Waals surface area contributed by atoms with E-state index in [4.69, 9.17) is 0 Å². The fourth-order valence-corrected chi connectivity index (χ4v) is 1.95. The molecule has 0 amide bonds. The minimum absolute atomic E-state index is 0.0977. The molecule has 6 nitrogen and oxygen atoms in total. The van der Waals surface area contributed by atoms with Crippen molar-refractivity contribution in [2.75, 3.05) is 10.6 Å². The van der Waals surface area contributed by atoms with Gasteiger partial charge in [-0.1, -0.05) is 18.2 Å². The summed E-state index contributed by atoms with van der Waals surface area (Å²) in [6, 6.07) is 12.2. The number of hydrogen-bond donors (Lipinski definition) is 3. The molecule has 0 aliphatic heterocycles. The zero-order chi connectivity index (χ0) is 14.8. The predicted molar refractivity (Wildman–Crippen MR) is 81.4 cm³/mol. The average Bonchev–Trinajstić information content (AvgIpc) is 2.53. The van der Waals surface area contributed by atoms with Gasteiger partial charge in [0.25, 0.3) is 16.4 Å². The quantitative estimate of drug-likeness (QED) is 0.630. The van der Waals surface area contributed by atoms with Gasteiger partial charge in [-0.15, -0.1) is 0 Å². The van der Waals surface area contributed by atoms with Gasteiger partial charge in [-0.2, -0.15) is 0 Å². The molecule has 104 valence electrons. The van der Waals surface area contributed by atoms with E-state index in [1.807, 2.05) is 18.2 Å². The molecular weight excluding hydrogens is 270 g/mol. The van der Waals surface area contributed by atoms with Crippen LogP contribution in [0.3, 0.4) is 0 Å². The maximum atomic E-state index is 11.7. The molecule has 3 aromatic rings. The highest BCUT2D eigenvalue weighted by Crippen LogP contribution is 2.22. The normalized spacial score (nSPS) is 10.5. The highest BCUT2D eigenvalue weighted by molar-refractivity contribution is 5.81. The third-order valence-electron chi connectivity index (χ3n) is 3.03. The number of anilines is 4. The van der Waals surface area contributed by atoms with Gasteiger partial charge < -0.3 is 15.6 Å². The van der Waals surface area contributed by atoms with Gasteiger partial charge in [0.05, 0.1) is 0 Å². The minimum Gasteiger partial charge on any atom is -0.350 e. The van der Waals surface area contributed by atoms with Crippen molar-refractivity contribution in [2.24, 2.45) is 0 Å². The molecule has 0 aliphatic carbocycles. The average molecular weight is 281 g/mol. The number of aromatic amines is 1. The first-order valence-electron chi connectivity index (χ1n) is 6.27. The molecule has 1 heterocycles. The van der Waals surface area contributed by atoms with Crippen LogP contribution in [-0.4, -0.2) is 4.98 Å². The molecule has 0 bridgehead atoms. The van der Waals surface area contributed by atoms with Gasteiger partial charge in [0.2, 0.25) is 0 Å². The molecule has 0 radical (unpaired) electrons. The number of rotatable bonds is 4. The van der Waals surface area contributed by atoms with Crippen molar-refractivity contribution in [2.45, 2.75) is 0 Å². The van der Waals surface area contributed by atoms with Gasteiger partial charge >= 0.3 is 0 Å². The maximum Gasteiger partial charge on any atom is 0.271 e. The summed E-state index contributed by atoms with van der Waals surface area (Å²) >= 11 is 0. The van der Waals surface area contributed by atoms with Crippen LogP contribution in [-0.2, 0) is 0 Å². The molecule has 21 heavy (non-hydrogen) atoms. The summed E-state index contributed by atoms with van der Waals surface area (Å²) in [5, 5.41) is 5.58. The molecule has 6 heteroatoms. The Morgan fingerprint density at radius 3 is 2.10 bits per heavy atom. The van der Waals surface area contributed by atoms with Crippen LogP contribution in [0.4, 0.5) is 22.7 Å². The van der Waals surface area contributed by atoms with E-state index in [0.29, 0.717) is 5.69 Å². The fourth-order valence-electron chi connectivity index (χ4n) is 1.95. The first-order chi connectivity index (χ1) is 10.2. The Hall–Kier alpha value is -3.15. The lowest BCUT2D eigenvalue weighted by atomic mass is 10.1. The first-order valence-corrected chi connectivity index (χ1v) is 6.27. The molecule has 0 atom stereocenters.